The molecule has 0 N–H and O–H groups in total. The quantitative estimate of drug-likeness (QED) is 0.171. The SMILES string of the molecule is c1cc(-c2cc(-c3cccc(N4c5ccccc5Oc5ccccc54)c3)c3ccc(N4c5ccccc5Oc5ccccc54)cc3n2)cc(N2c3ccccc3Oc3ccccc32)c1. The number of anilines is 9. The van der Waals surface area contributed by atoms with Crippen molar-refractivity contribution in [3.8, 4) is 56.9 Å². The Morgan fingerprint density at radius 3 is 1.08 bits per heavy atom. The van der Waals surface area contributed by atoms with Crippen LogP contribution in [0.1, 0.15) is 0 Å². The minimum Gasteiger partial charge on any atom is -0.453 e. The third kappa shape index (κ3) is 5.79. The number of nitrogens with zero attached hydrogens (tertiary/aromatic N) is 4. The van der Waals surface area contributed by atoms with Crippen LogP contribution < -0.4 is 28.9 Å². The van der Waals surface area contributed by atoms with Crippen LogP contribution in [-0.4, -0.2) is 4.98 Å². The number of pyridine rings is 1. The molecule has 0 radical (unpaired) electrons. The molecule has 10 aromatic rings. The number of fused-ring (bicyclic) bond motifs is 7. The van der Waals surface area contributed by atoms with Gasteiger partial charge in [0.2, 0.25) is 0 Å². The van der Waals surface area contributed by atoms with E-state index in [1.165, 1.54) is 0 Å². The summed E-state index contributed by atoms with van der Waals surface area (Å²) in [7, 11) is 0. The van der Waals surface area contributed by atoms with Gasteiger partial charge < -0.3 is 28.9 Å². The minimum atomic E-state index is 0.801. The van der Waals surface area contributed by atoms with E-state index in [0.717, 1.165) is 119 Å². The lowest BCUT2D eigenvalue weighted by atomic mass is 9.96. The van der Waals surface area contributed by atoms with Crippen molar-refractivity contribution in [2.45, 2.75) is 0 Å². The fraction of sp³-hybridized carbons (Fsp3) is 0. The van der Waals surface area contributed by atoms with Crippen molar-refractivity contribution in [1.82, 2.24) is 4.98 Å². The maximum absolute atomic E-state index is 6.40. The summed E-state index contributed by atoms with van der Waals surface area (Å²) < 4.78 is 19.2. The molecular weight excluding hydrogens is 789 g/mol. The first kappa shape index (κ1) is 35.9. The lowest BCUT2D eigenvalue weighted by molar-refractivity contribution is 0.477. The van der Waals surface area contributed by atoms with Crippen LogP contribution in [0, 0.1) is 0 Å². The van der Waals surface area contributed by atoms with Gasteiger partial charge in [0, 0.05) is 28.0 Å². The Balaban J connectivity index is 1.01. The van der Waals surface area contributed by atoms with E-state index in [-0.39, 0.29) is 0 Å². The van der Waals surface area contributed by atoms with Gasteiger partial charge in [0.1, 0.15) is 0 Å². The molecule has 0 amide bonds. The Morgan fingerprint density at radius 1 is 0.297 bits per heavy atom. The summed E-state index contributed by atoms with van der Waals surface area (Å²) in [6.07, 6.45) is 0. The van der Waals surface area contributed by atoms with Crippen molar-refractivity contribution in [2.24, 2.45) is 0 Å². The molecule has 1 aromatic heterocycles. The zero-order chi connectivity index (χ0) is 42.1. The number of aromatic nitrogens is 1. The second kappa shape index (κ2) is 14.4. The van der Waals surface area contributed by atoms with Gasteiger partial charge in [0.05, 0.1) is 45.3 Å². The van der Waals surface area contributed by atoms with Gasteiger partial charge in [-0.2, -0.15) is 0 Å². The molecule has 0 aliphatic carbocycles. The van der Waals surface area contributed by atoms with Crippen LogP contribution in [0.2, 0.25) is 0 Å². The lowest BCUT2D eigenvalue weighted by Crippen LogP contribution is -2.16. The van der Waals surface area contributed by atoms with Gasteiger partial charge in [-0.1, -0.05) is 103 Å². The first-order chi connectivity index (χ1) is 31.7. The molecule has 0 spiro atoms. The number of benzene rings is 9. The van der Waals surface area contributed by atoms with Crippen LogP contribution >= 0.6 is 0 Å². The van der Waals surface area contributed by atoms with E-state index in [9.17, 15) is 0 Å². The predicted molar refractivity (Wildman–Crippen MR) is 257 cm³/mol. The molecule has 4 heterocycles. The van der Waals surface area contributed by atoms with E-state index in [1.807, 2.05) is 72.8 Å². The van der Waals surface area contributed by atoms with Crippen molar-refractivity contribution in [2.75, 3.05) is 14.7 Å². The van der Waals surface area contributed by atoms with Crippen LogP contribution in [0.5, 0.6) is 34.5 Å². The standard InChI is InChI=1S/C57H36N4O3/c1-7-25-52-46(19-1)59(47-20-2-8-26-53(47)62-52)39-17-13-15-37(33-39)43-36-44(38-16-14-18-40(34-38)60-48-21-3-9-27-54(48)63-55-28-10-4-22-49(55)60)58-45-35-41(31-32-42(43)45)61-50-23-5-11-29-56(50)64-57-30-12-6-24-51(57)61/h1-36H. The molecule has 0 saturated heterocycles. The zero-order valence-electron chi connectivity index (χ0n) is 34.3. The zero-order valence-corrected chi connectivity index (χ0v) is 34.3. The Hall–Kier alpha value is -8.81. The average molecular weight is 825 g/mol. The first-order valence-electron chi connectivity index (χ1n) is 21.4. The summed E-state index contributed by atoms with van der Waals surface area (Å²) >= 11 is 0. The highest BCUT2D eigenvalue weighted by molar-refractivity contribution is 6.01. The molecule has 0 atom stereocenters. The number of hydrogen-bond donors (Lipinski definition) is 0. The average Bonchev–Trinajstić information content (AvgIpc) is 3.36. The largest absolute Gasteiger partial charge is 0.453 e. The second-order valence-electron chi connectivity index (χ2n) is 16.0. The molecule has 0 fully saturated rings. The van der Waals surface area contributed by atoms with Crippen LogP contribution in [-0.2, 0) is 0 Å². The Bertz CT molecular complexity index is 3360. The minimum absolute atomic E-state index is 0.801. The lowest BCUT2D eigenvalue weighted by Gasteiger charge is -2.33. The van der Waals surface area contributed by atoms with Crippen molar-refractivity contribution in [3.63, 3.8) is 0 Å². The smallest absolute Gasteiger partial charge is 0.151 e. The first-order valence-corrected chi connectivity index (χ1v) is 21.4. The number of para-hydroxylation sites is 12. The normalized spacial score (nSPS) is 13.0. The monoisotopic (exact) mass is 824 g/mol. The Labute approximate surface area is 369 Å². The van der Waals surface area contributed by atoms with Gasteiger partial charge in [0.25, 0.3) is 0 Å². The molecule has 3 aliphatic rings. The molecule has 64 heavy (non-hydrogen) atoms. The van der Waals surface area contributed by atoms with E-state index < -0.39 is 0 Å². The number of hydrogen-bond acceptors (Lipinski definition) is 7. The van der Waals surface area contributed by atoms with E-state index in [4.69, 9.17) is 19.2 Å². The predicted octanol–water partition coefficient (Wildman–Crippen LogP) is 16.3. The number of rotatable bonds is 5. The molecule has 7 nitrogen and oxygen atoms in total. The van der Waals surface area contributed by atoms with Crippen LogP contribution in [0.25, 0.3) is 33.3 Å². The van der Waals surface area contributed by atoms with E-state index >= 15 is 0 Å². The van der Waals surface area contributed by atoms with Crippen LogP contribution in [0.15, 0.2) is 218 Å². The van der Waals surface area contributed by atoms with Crippen molar-refractivity contribution in [1.29, 1.82) is 0 Å². The van der Waals surface area contributed by atoms with E-state index in [0.29, 0.717) is 0 Å². The van der Waals surface area contributed by atoms with Crippen molar-refractivity contribution in [3.05, 3.63) is 218 Å². The fourth-order valence-electron chi connectivity index (χ4n) is 9.31. The highest BCUT2D eigenvalue weighted by Gasteiger charge is 2.29. The highest BCUT2D eigenvalue weighted by atomic mass is 16.5. The molecule has 0 saturated carbocycles. The summed E-state index contributed by atoms with van der Waals surface area (Å²) in [6.45, 7) is 0. The molecular formula is C57H36N4O3. The molecule has 0 bridgehead atoms. The highest BCUT2D eigenvalue weighted by Crippen LogP contribution is 2.54. The van der Waals surface area contributed by atoms with Gasteiger partial charge in [-0.15, -0.1) is 0 Å². The van der Waals surface area contributed by atoms with Gasteiger partial charge in [-0.3, -0.25) is 0 Å². The molecule has 13 rings (SSSR count). The second-order valence-corrected chi connectivity index (χ2v) is 16.0. The van der Waals surface area contributed by atoms with Gasteiger partial charge in [-0.05, 0) is 126 Å². The number of ether oxygens (including phenoxy) is 3. The molecule has 9 aromatic carbocycles. The Kier molecular flexibility index (Phi) is 8.08. The van der Waals surface area contributed by atoms with Gasteiger partial charge in [-0.25, -0.2) is 4.98 Å². The van der Waals surface area contributed by atoms with Gasteiger partial charge >= 0.3 is 0 Å². The van der Waals surface area contributed by atoms with Gasteiger partial charge in [0.15, 0.2) is 34.5 Å². The van der Waals surface area contributed by atoms with Crippen LogP contribution in [0.4, 0.5) is 51.2 Å². The van der Waals surface area contributed by atoms with Crippen LogP contribution in [0.3, 0.4) is 0 Å². The third-order valence-corrected chi connectivity index (χ3v) is 12.2. The third-order valence-electron chi connectivity index (χ3n) is 12.2. The molecule has 7 heteroatoms. The van der Waals surface area contributed by atoms with E-state index in [1.54, 1.807) is 0 Å². The summed E-state index contributed by atoms with van der Waals surface area (Å²) in [6, 6.07) is 75.4. The molecule has 302 valence electrons. The molecule has 0 unspecified atom stereocenters. The topological polar surface area (TPSA) is 50.3 Å². The fourth-order valence-corrected chi connectivity index (χ4v) is 9.31. The maximum atomic E-state index is 6.40. The summed E-state index contributed by atoms with van der Waals surface area (Å²) in [5.74, 6) is 4.84. The summed E-state index contributed by atoms with van der Waals surface area (Å²) in [4.78, 5) is 12.3. The van der Waals surface area contributed by atoms with E-state index in [2.05, 4.69) is 160 Å². The Morgan fingerprint density at radius 2 is 0.656 bits per heavy atom. The van der Waals surface area contributed by atoms with Crippen molar-refractivity contribution >= 4 is 62.1 Å². The summed E-state index contributed by atoms with van der Waals surface area (Å²) in [5.41, 5.74) is 13.7. The molecule has 3 aliphatic heterocycles. The van der Waals surface area contributed by atoms with Crippen molar-refractivity contribution < 1.29 is 14.2 Å². The summed E-state index contributed by atoms with van der Waals surface area (Å²) in [5, 5.41) is 1.04. The maximum Gasteiger partial charge on any atom is 0.151 e.